The van der Waals surface area contributed by atoms with Gasteiger partial charge < -0.3 is 9.47 Å². The molecule has 170 valence electrons. The highest BCUT2D eigenvalue weighted by atomic mass is 33.1. The quantitative estimate of drug-likeness (QED) is 0.104. The van der Waals surface area contributed by atoms with Crippen molar-refractivity contribution in [2.24, 2.45) is 0 Å². The summed E-state index contributed by atoms with van der Waals surface area (Å²) in [5, 5.41) is 0. The zero-order valence-electron chi connectivity index (χ0n) is 24.2. The molecule has 0 saturated carbocycles. The highest BCUT2D eigenvalue weighted by Gasteiger charge is 1.96. The van der Waals surface area contributed by atoms with Gasteiger partial charge in [0.15, 0.2) is 0 Å². The van der Waals surface area contributed by atoms with Crippen molar-refractivity contribution in [1.82, 2.24) is 0 Å². The minimum absolute atomic E-state index is 0.350. The summed E-state index contributed by atoms with van der Waals surface area (Å²) in [6.07, 6.45) is 21.9. The van der Waals surface area contributed by atoms with E-state index in [2.05, 4.69) is 0 Å². The molecule has 0 aliphatic heterocycles. The van der Waals surface area contributed by atoms with Gasteiger partial charge in [-0.3, -0.25) is 0 Å². The van der Waals surface area contributed by atoms with Gasteiger partial charge in [-0.25, -0.2) is 0 Å². The monoisotopic (exact) mass is 440 g/mol. The van der Waals surface area contributed by atoms with Crippen LogP contribution in [-0.2, 0) is 9.47 Å². The normalized spacial score (nSPS) is 15.4. The highest BCUT2D eigenvalue weighted by Crippen LogP contribution is 2.25. The smallest absolute Gasteiger partial charge is 0.0530 e. The van der Waals surface area contributed by atoms with Crippen LogP contribution < -0.4 is 0 Å². The van der Waals surface area contributed by atoms with E-state index in [1.165, 1.54) is 101 Å². The molecule has 0 atom stereocenters. The van der Waals surface area contributed by atoms with Crippen molar-refractivity contribution < 1.29 is 17.7 Å². The fourth-order valence-corrected chi connectivity index (χ4v) is 5.56. The molecule has 0 radical (unpaired) electrons. The van der Waals surface area contributed by atoms with Gasteiger partial charge in [-0.05, 0) is 25.7 Å². The molecule has 0 aromatic carbocycles. The van der Waals surface area contributed by atoms with Crippen LogP contribution in [0.3, 0.4) is 0 Å². The summed E-state index contributed by atoms with van der Waals surface area (Å²) in [5.41, 5.74) is 0. The van der Waals surface area contributed by atoms with Crippen molar-refractivity contribution in [3.05, 3.63) is 0 Å². The largest absolute Gasteiger partial charge is 0.385 e. The van der Waals surface area contributed by atoms with E-state index in [0.29, 0.717) is 13.2 Å². The summed E-state index contributed by atoms with van der Waals surface area (Å²) in [6.45, 7) is 0.700. The zero-order valence-corrected chi connectivity index (χ0v) is 19.8. The first kappa shape index (κ1) is 19.3. The minimum Gasteiger partial charge on any atom is -0.385 e. The van der Waals surface area contributed by atoms with Crippen LogP contribution in [0.25, 0.3) is 0 Å². The minimum atomic E-state index is -2.23. The molecule has 0 aliphatic rings. The Balaban J connectivity index is 3.07. The maximum atomic E-state index is 6.97. The van der Waals surface area contributed by atoms with E-state index in [1.54, 1.807) is 0 Å². The predicted molar refractivity (Wildman–Crippen MR) is 132 cm³/mol. The van der Waals surface area contributed by atoms with Crippen molar-refractivity contribution in [1.29, 1.82) is 0 Å². The molecule has 0 spiro atoms. The summed E-state index contributed by atoms with van der Waals surface area (Å²) in [6, 6.07) is 0. The first-order valence-corrected chi connectivity index (χ1v) is 14.2. The van der Waals surface area contributed by atoms with Crippen LogP contribution in [0.4, 0.5) is 0 Å². The lowest BCUT2D eigenvalue weighted by atomic mass is 10.1. The van der Waals surface area contributed by atoms with Gasteiger partial charge in [-0.1, -0.05) is 111 Å². The second-order valence-electron chi connectivity index (χ2n) is 7.70. The van der Waals surface area contributed by atoms with Gasteiger partial charge in [-0.15, -0.1) is 0 Å². The van der Waals surface area contributed by atoms with Crippen LogP contribution in [0, 0.1) is 0 Å². The number of hydrogen-bond donors (Lipinski definition) is 0. The van der Waals surface area contributed by atoms with Crippen molar-refractivity contribution in [2.75, 3.05) is 38.8 Å². The summed E-state index contributed by atoms with van der Waals surface area (Å²) in [7, 11) is -0.395. The van der Waals surface area contributed by atoms with Crippen LogP contribution in [0.1, 0.15) is 124 Å². The maximum Gasteiger partial charge on any atom is 0.0530 e. The van der Waals surface area contributed by atoms with Crippen LogP contribution in [0.2, 0.25) is 0 Å². The zero-order chi connectivity index (χ0) is 25.4. The van der Waals surface area contributed by atoms with E-state index >= 15 is 0 Å². The van der Waals surface area contributed by atoms with Crippen LogP contribution in [-0.4, -0.2) is 38.8 Å². The number of hydrogen-bond acceptors (Lipinski definition) is 4. The first-order valence-electron chi connectivity index (χ1n) is 14.7. The molecule has 0 bridgehead atoms. The van der Waals surface area contributed by atoms with Gasteiger partial charge in [0.05, 0.1) is 8.22 Å². The predicted octanol–water partition coefficient (Wildman–Crippen LogP) is 8.68. The third-order valence-corrected chi connectivity index (χ3v) is 7.61. The number of methoxy groups -OCH3 is 2. The molecule has 0 N–H and O–H groups in total. The van der Waals surface area contributed by atoms with Gasteiger partial charge in [0.2, 0.25) is 0 Å². The Morgan fingerprint density at radius 1 is 0.429 bits per heavy atom. The molecule has 4 heteroatoms. The Bertz CT molecular complexity index is 385. The van der Waals surface area contributed by atoms with Crippen LogP contribution >= 0.6 is 21.6 Å². The van der Waals surface area contributed by atoms with E-state index in [0.717, 1.165) is 25.7 Å². The molecule has 0 heterocycles. The second kappa shape index (κ2) is 27.6. The molecule has 0 aromatic heterocycles. The Kier molecular flexibility index (Phi) is 19.1. The standard InChI is InChI=1S/C24H50O2S2/c1-25-21-17-13-9-5-3-7-11-15-19-23-27-28-24-20-16-12-8-4-6-10-14-18-22-26-2/h3-24H2,1-2H3/i1D3,2D3. The summed E-state index contributed by atoms with van der Waals surface area (Å²) < 4.78 is 51.4. The molecule has 0 aliphatic carbocycles. The summed E-state index contributed by atoms with van der Waals surface area (Å²) >= 11 is 0. The third kappa shape index (κ3) is 26.6. The molecule has 0 rings (SSSR count). The lowest BCUT2D eigenvalue weighted by molar-refractivity contribution is 0.192. The third-order valence-electron chi connectivity index (χ3n) is 5.03. The first-order chi connectivity index (χ1) is 16.2. The fraction of sp³-hybridized carbons (Fsp3) is 1.00. The van der Waals surface area contributed by atoms with Crippen molar-refractivity contribution in [2.45, 2.75) is 116 Å². The van der Waals surface area contributed by atoms with Crippen molar-refractivity contribution >= 4 is 21.6 Å². The molecular weight excluding hydrogens is 384 g/mol. The number of unbranched alkanes of at least 4 members (excludes halogenated alkanes) is 16. The van der Waals surface area contributed by atoms with Gasteiger partial charge in [0.25, 0.3) is 0 Å². The molecule has 0 aromatic rings. The SMILES string of the molecule is [2H]C([2H])([2H])OCCCCCCCCCCCSSCCCCCCCCCCCOC([2H])([2H])[2H]. The molecule has 0 fully saturated rings. The van der Waals surface area contributed by atoms with E-state index < -0.39 is 14.1 Å². The van der Waals surface area contributed by atoms with Gasteiger partial charge >= 0.3 is 0 Å². The van der Waals surface area contributed by atoms with E-state index in [4.69, 9.17) is 17.7 Å². The van der Waals surface area contributed by atoms with Crippen LogP contribution in [0.5, 0.6) is 0 Å². The Morgan fingerprint density at radius 2 is 0.714 bits per heavy atom. The van der Waals surface area contributed by atoms with E-state index in [9.17, 15) is 0 Å². The molecule has 0 saturated heterocycles. The molecule has 28 heavy (non-hydrogen) atoms. The summed E-state index contributed by atoms with van der Waals surface area (Å²) in [5.74, 6) is 2.54. The maximum absolute atomic E-state index is 6.97. The van der Waals surface area contributed by atoms with E-state index in [1.807, 2.05) is 21.6 Å². The lowest BCUT2D eigenvalue weighted by Crippen LogP contribution is -1.88. The number of ether oxygens (including phenoxy) is 2. The fourth-order valence-electron chi connectivity index (χ4n) is 3.26. The average molecular weight is 441 g/mol. The summed E-state index contributed by atoms with van der Waals surface area (Å²) in [4.78, 5) is 0. The lowest BCUT2D eigenvalue weighted by Gasteiger charge is -2.04. The topological polar surface area (TPSA) is 18.5 Å². The number of rotatable bonds is 25. The molecule has 0 amide bonds. The average Bonchev–Trinajstić information content (AvgIpc) is 2.74. The van der Waals surface area contributed by atoms with Gasteiger partial charge in [0, 0.05) is 38.8 Å². The Labute approximate surface area is 193 Å². The van der Waals surface area contributed by atoms with Crippen molar-refractivity contribution in [3.63, 3.8) is 0 Å². The van der Waals surface area contributed by atoms with E-state index in [-0.39, 0.29) is 0 Å². The Morgan fingerprint density at radius 3 is 1.04 bits per heavy atom. The second-order valence-corrected chi connectivity index (χ2v) is 10.4. The highest BCUT2D eigenvalue weighted by molar-refractivity contribution is 8.76. The Hall–Kier alpha value is 0.620. The molecule has 0 unspecified atom stereocenters. The molecule has 2 nitrogen and oxygen atoms in total. The molecular formula is C24H50O2S2. The van der Waals surface area contributed by atoms with Gasteiger partial charge in [0.1, 0.15) is 0 Å². The van der Waals surface area contributed by atoms with Gasteiger partial charge in [-0.2, -0.15) is 0 Å². The van der Waals surface area contributed by atoms with Crippen LogP contribution in [0.15, 0.2) is 0 Å². The van der Waals surface area contributed by atoms with Crippen molar-refractivity contribution in [3.8, 4) is 0 Å².